The average molecular weight is 302 g/mol. The van der Waals surface area contributed by atoms with Crippen LogP contribution in [0.5, 0.6) is 5.75 Å². The molecule has 0 amide bonds. The molecule has 1 aromatic carbocycles. The number of carboxylic acid groups (broad SMARTS) is 1. The van der Waals surface area contributed by atoms with E-state index in [0.717, 1.165) is 0 Å². The number of aryl methyl sites for hydroxylation is 1. The summed E-state index contributed by atoms with van der Waals surface area (Å²) in [5.41, 5.74) is 7.57. The van der Waals surface area contributed by atoms with Crippen molar-refractivity contribution in [3.05, 3.63) is 29.5 Å². The Kier molecular flexibility index (Phi) is 4.26. The lowest BCUT2D eigenvalue weighted by molar-refractivity contribution is 0.0696. The maximum Gasteiger partial charge on any atom is 0.339 e. The van der Waals surface area contributed by atoms with Gasteiger partial charge in [0.05, 0.1) is 28.9 Å². The zero-order valence-corrected chi connectivity index (χ0v) is 13.4. The zero-order valence-electron chi connectivity index (χ0n) is 13.4. The molecule has 0 saturated carbocycles. The number of hydrogen-bond donors (Lipinski definition) is 2. The van der Waals surface area contributed by atoms with Crippen LogP contribution in [0.4, 0.5) is 5.69 Å². The number of aromatic carboxylic acids is 1. The third-order valence-corrected chi connectivity index (χ3v) is 3.30. The largest absolute Gasteiger partial charge is 0.492 e. The topological polar surface area (TPSA) is 85.4 Å². The minimum atomic E-state index is -1.06. The van der Waals surface area contributed by atoms with Crippen molar-refractivity contribution in [1.82, 2.24) is 4.98 Å². The third kappa shape index (κ3) is 3.13. The molecular formula is C17H22N2O3. The Morgan fingerprint density at radius 2 is 2.05 bits per heavy atom. The van der Waals surface area contributed by atoms with Gasteiger partial charge in [-0.1, -0.05) is 33.8 Å². The molecule has 2 rings (SSSR count). The summed E-state index contributed by atoms with van der Waals surface area (Å²) in [5.74, 6) is -0.489. The molecule has 118 valence electrons. The number of ether oxygens (including phenoxy) is 1. The molecule has 0 saturated heterocycles. The lowest BCUT2D eigenvalue weighted by Gasteiger charge is -2.20. The summed E-state index contributed by atoms with van der Waals surface area (Å²) in [6, 6.07) is 5.45. The van der Waals surface area contributed by atoms with E-state index in [9.17, 15) is 9.90 Å². The van der Waals surface area contributed by atoms with Crippen molar-refractivity contribution in [3.63, 3.8) is 0 Å². The first-order valence-corrected chi connectivity index (χ1v) is 7.31. The van der Waals surface area contributed by atoms with Crippen LogP contribution in [0.2, 0.25) is 0 Å². The standard InChI is InChI=1S/C17H22N2O3/c1-5-10-14(16(20)21)15(18)13-11(19-10)7-6-8-12(13)22-9-17(2,3)4/h6-8H,5,9H2,1-4H3,(H2,18,19)(H,20,21). The fourth-order valence-corrected chi connectivity index (χ4v) is 2.27. The van der Waals surface area contributed by atoms with E-state index < -0.39 is 5.97 Å². The summed E-state index contributed by atoms with van der Waals surface area (Å²) >= 11 is 0. The zero-order chi connectivity index (χ0) is 16.5. The van der Waals surface area contributed by atoms with Gasteiger partial charge in [-0.3, -0.25) is 4.98 Å². The van der Waals surface area contributed by atoms with Gasteiger partial charge >= 0.3 is 5.97 Å². The van der Waals surface area contributed by atoms with Crippen LogP contribution < -0.4 is 10.5 Å². The number of nitrogens with two attached hydrogens (primary N) is 1. The number of hydrogen-bond acceptors (Lipinski definition) is 4. The molecule has 0 aliphatic rings. The van der Waals surface area contributed by atoms with Gasteiger partial charge < -0.3 is 15.6 Å². The number of carboxylic acids is 1. The highest BCUT2D eigenvalue weighted by atomic mass is 16.5. The van der Waals surface area contributed by atoms with Crippen LogP contribution in [-0.2, 0) is 6.42 Å². The molecule has 5 heteroatoms. The van der Waals surface area contributed by atoms with Crippen LogP contribution in [0, 0.1) is 5.41 Å². The van der Waals surface area contributed by atoms with E-state index in [2.05, 4.69) is 25.8 Å². The normalized spacial score (nSPS) is 11.6. The number of benzene rings is 1. The van der Waals surface area contributed by atoms with Gasteiger partial charge in [0.2, 0.25) is 0 Å². The van der Waals surface area contributed by atoms with Crippen molar-refractivity contribution in [2.75, 3.05) is 12.3 Å². The first-order valence-electron chi connectivity index (χ1n) is 7.31. The van der Waals surface area contributed by atoms with E-state index in [-0.39, 0.29) is 16.7 Å². The number of nitrogen functional groups attached to an aromatic ring is 1. The van der Waals surface area contributed by atoms with Gasteiger partial charge in [0, 0.05) is 0 Å². The van der Waals surface area contributed by atoms with Gasteiger partial charge in [-0.05, 0) is 24.0 Å². The van der Waals surface area contributed by atoms with Crippen LogP contribution in [0.1, 0.15) is 43.7 Å². The highest BCUT2D eigenvalue weighted by molar-refractivity contribution is 6.06. The summed E-state index contributed by atoms with van der Waals surface area (Å²) in [7, 11) is 0. The van der Waals surface area contributed by atoms with Crippen LogP contribution in [-0.4, -0.2) is 22.7 Å². The number of rotatable bonds is 4. The number of nitrogens with zero attached hydrogens (tertiary/aromatic N) is 1. The first kappa shape index (κ1) is 16.1. The summed E-state index contributed by atoms with van der Waals surface area (Å²) in [6.07, 6.45) is 0.509. The van der Waals surface area contributed by atoms with Gasteiger partial charge in [-0.25, -0.2) is 4.79 Å². The van der Waals surface area contributed by atoms with E-state index in [4.69, 9.17) is 10.5 Å². The quantitative estimate of drug-likeness (QED) is 0.902. The molecule has 0 aliphatic heterocycles. The smallest absolute Gasteiger partial charge is 0.339 e. The second-order valence-corrected chi connectivity index (χ2v) is 6.51. The lowest BCUT2D eigenvalue weighted by atomic mass is 9.98. The predicted molar refractivity (Wildman–Crippen MR) is 87.4 cm³/mol. The minimum Gasteiger partial charge on any atom is -0.492 e. The van der Waals surface area contributed by atoms with E-state index in [1.165, 1.54) is 0 Å². The fraction of sp³-hybridized carbons (Fsp3) is 0.412. The molecule has 0 unspecified atom stereocenters. The van der Waals surface area contributed by atoms with E-state index in [1.807, 2.05) is 19.1 Å². The summed E-state index contributed by atoms with van der Waals surface area (Å²) in [6.45, 7) is 8.57. The van der Waals surface area contributed by atoms with E-state index >= 15 is 0 Å². The van der Waals surface area contributed by atoms with E-state index in [0.29, 0.717) is 35.4 Å². The van der Waals surface area contributed by atoms with Gasteiger partial charge in [-0.2, -0.15) is 0 Å². The van der Waals surface area contributed by atoms with E-state index in [1.54, 1.807) is 6.07 Å². The molecule has 0 fully saturated rings. The molecule has 3 N–H and O–H groups in total. The lowest BCUT2D eigenvalue weighted by Crippen LogP contribution is -2.17. The molecule has 0 bridgehead atoms. The first-order chi connectivity index (χ1) is 10.2. The number of anilines is 1. The van der Waals surface area contributed by atoms with Crippen LogP contribution >= 0.6 is 0 Å². The molecule has 0 atom stereocenters. The minimum absolute atomic E-state index is 0.0106. The number of carbonyl (C=O) groups is 1. The Hall–Kier alpha value is -2.30. The Balaban J connectivity index is 2.65. The Morgan fingerprint density at radius 3 is 2.59 bits per heavy atom. The van der Waals surface area contributed by atoms with Crippen molar-refractivity contribution in [2.24, 2.45) is 5.41 Å². The molecule has 0 aliphatic carbocycles. The monoisotopic (exact) mass is 302 g/mol. The summed E-state index contributed by atoms with van der Waals surface area (Å²) < 4.78 is 5.86. The van der Waals surface area contributed by atoms with Crippen LogP contribution in [0.15, 0.2) is 18.2 Å². The predicted octanol–water partition coefficient (Wildman–Crippen LogP) is 3.50. The fourth-order valence-electron chi connectivity index (χ4n) is 2.27. The second kappa shape index (κ2) is 5.83. The van der Waals surface area contributed by atoms with Gasteiger partial charge in [-0.15, -0.1) is 0 Å². The highest BCUT2D eigenvalue weighted by Gasteiger charge is 2.21. The molecule has 0 radical (unpaired) electrons. The average Bonchev–Trinajstić information content (AvgIpc) is 2.43. The maximum atomic E-state index is 11.5. The number of aromatic nitrogens is 1. The van der Waals surface area contributed by atoms with Crippen molar-refractivity contribution in [3.8, 4) is 5.75 Å². The Bertz CT molecular complexity index is 718. The van der Waals surface area contributed by atoms with Crippen molar-refractivity contribution < 1.29 is 14.6 Å². The Labute approximate surface area is 130 Å². The SMILES string of the molecule is CCc1nc2cccc(OCC(C)(C)C)c2c(N)c1C(=O)O. The molecule has 1 heterocycles. The second-order valence-electron chi connectivity index (χ2n) is 6.51. The Morgan fingerprint density at radius 1 is 1.36 bits per heavy atom. The molecule has 5 nitrogen and oxygen atoms in total. The van der Waals surface area contributed by atoms with Crippen molar-refractivity contribution in [2.45, 2.75) is 34.1 Å². The van der Waals surface area contributed by atoms with Gasteiger partial charge in [0.1, 0.15) is 11.3 Å². The molecular weight excluding hydrogens is 280 g/mol. The molecule has 2 aromatic rings. The van der Waals surface area contributed by atoms with Crippen LogP contribution in [0.25, 0.3) is 10.9 Å². The maximum absolute atomic E-state index is 11.5. The highest BCUT2D eigenvalue weighted by Crippen LogP contribution is 2.34. The molecule has 22 heavy (non-hydrogen) atoms. The van der Waals surface area contributed by atoms with Gasteiger partial charge in [0.25, 0.3) is 0 Å². The third-order valence-electron chi connectivity index (χ3n) is 3.30. The summed E-state index contributed by atoms with van der Waals surface area (Å²) in [5, 5.41) is 10.00. The number of fused-ring (bicyclic) bond motifs is 1. The molecule has 0 spiro atoms. The number of pyridine rings is 1. The van der Waals surface area contributed by atoms with Crippen molar-refractivity contribution in [1.29, 1.82) is 0 Å². The molecule has 1 aromatic heterocycles. The van der Waals surface area contributed by atoms with Crippen molar-refractivity contribution >= 4 is 22.6 Å². The van der Waals surface area contributed by atoms with Crippen LogP contribution in [0.3, 0.4) is 0 Å². The summed E-state index contributed by atoms with van der Waals surface area (Å²) in [4.78, 5) is 16.0. The van der Waals surface area contributed by atoms with Gasteiger partial charge in [0.15, 0.2) is 0 Å².